The number of piperidine rings is 1. The molecule has 2 aromatic rings. The van der Waals surface area contributed by atoms with Gasteiger partial charge in [0.15, 0.2) is 0 Å². The van der Waals surface area contributed by atoms with Gasteiger partial charge in [0.1, 0.15) is 17.9 Å². The maximum Gasteiger partial charge on any atom is 0.223 e. The number of rotatable bonds is 6. The molecule has 1 saturated heterocycles. The molecule has 1 amide bonds. The van der Waals surface area contributed by atoms with Crippen molar-refractivity contribution in [3.63, 3.8) is 0 Å². The Morgan fingerprint density at radius 2 is 2.28 bits per heavy atom. The fourth-order valence-electron chi connectivity index (χ4n) is 3.26. The first-order chi connectivity index (χ1) is 12.1. The van der Waals surface area contributed by atoms with Crippen LogP contribution in [0.15, 0.2) is 30.6 Å². The van der Waals surface area contributed by atoms with E-state index in [9.17, 15) is 4.79 Å². The molecule has 25 heavy (non-hydrogen) atoms. The van der Waals surface area contributed by atoms with Crippen molar-refractivity contribution in [3.8, 4) is 5.75 Å². The predicted octanol–water partition coefficient (Wildman–Crippen LogP) is 2.37. The van der Waals surface area contributed by atoms with Gasteiger partial charge in [-0.05, 0) is 37.5 Å². The molecule has 1 aliphatic heterocycles. The van der Waals surface area contributed by atoms with E-state index in [2.05, 4.69) is 23.2 Å². The van der Waals surface area contributed by atoms with Crippen LogP contribution in [0.5, 0.6) is 5.75 Å². The molecule has 1 aliphatic rings. The number of nitrogens with zero attached hydrogens (tertiary/aromatic N) is 4. The number of amides is 1. The standard InChI is InChI=1S/C19H26N4O2/c1-15-5-3-7-17(11-15)25-13-16-6-4-10-23(12-16)19(24)9-8-18-21-20-14-22(18)2/h3,5,7,11,14,16H,4,6,8-10,12-13H2,1-2H3/t16-/m1/s1. The zero-order valence-electron chi connectivity index (χ0n) is 15.0. The second-order valence-electron chi connectivity index (χ2n) is 6.83. The minimum absolute atomic E-state index is 0.197. The van der Waals surface area contributed by atoms with Crippen LogP contribution in [0.1, 0.15) is 30.7 Å². The quantitative estimate of drug-likeness (QED) is 0.809. The van der Waals surface area contributed by atoms with Crippen LogP contribution in [0.4, 0.5) is 0 Å². The lowest BCUT2D eigenvalue weighted by Crippen LogP contribution is -2.41. The van der Waals surface area contributed by atoms with Crippen molar-refractivity contribution in [2.45, 2.75) is 32.6 Å². The summed E-state index contributed by atoms with van der Waals surface area (Å²) in [5, 5.41) is 7.90. The highest BCUT2D eigenvalue weighted by Gasteiger charge is 2.24. The Hall–Kier alpha value is -2.37. The van der Waals surface area contributed by atoms with Crippen molar-refractivity contribution < 1.29 is 9.53 Å². The van der Waals surface area contributed by atoms with Gasteiger partial charge in [-0.3, -0.25) is 4.79 Å². The first kappa shape index (κ1) is 17.5. The average molecular weight is 342 g/mol. The lowest BCUT2D eigenvalue weighted by Gasteiger charge is -2.32. The third kappa shape index (κ3) is 4.81. The molecule has 6 heteroatoms. The second-order valence-corrected chi connectivity index (χ2v) is 6.83. The van der Waals surface area contributed by atoms with Crippen LogP contribution in [-0.2, 0) is 18.3 Å². The first-order valence-corrected chi connectivity index (χ1v) is 8.92. The number of aromatic nitrogens is 3. The summed E-state index contributed by atoms with van der Waals surface area (Å²) < 4.78 is 7.79. The van der Waals surface area contributed by atoms with E-state index < -0.39 is 0 Å². The van der Waals surface area contributed by atoms with E-state index in [0.29, 0.717) is 25.4 Å². The Balaban J connectivity index is 1.47. The number of aryl methyl sites for hydroxylation is 3. The van der Waals surface area contributed by atoms with Crippen LogP contribution in [0, 0.1) is 12.8 Å². The number of ether oxygens (including phenoxy) is 1. The summed E-state index contributed by atoms with van der Waals surface area (Å²) in [4.78, 5) is 14.5. The lowest BCUT2D eigenvalue weighted by atomic mass is 9.98. The molecule has 0 saturated carbocycles. The SMILES string of the molecule is Cc1cccc(OC[C@@H]2CCCN(C(=O)CCc3nncn3C)C2)c1. The predicted molar refractivity (Wildman–Crippen MR) is 95.3 cm³/mol. The van der Waals surface area contributed by atoms with E-state index in [-0.39, 0.29) is 5.91 Å². The minimum atomic E-state index is 0.197. The van der Waals surface area contributed by atoms with Crippen molar-refractivity contribution in [1.82, 2.24) is 19.7 Å². The van der Waals surface area contributed by atoms with E-state index in [1.807, 2.05) is 34.7 Å². The van der Waals surface area contributed by atoms with Gasteiger partial charge in [-0.15, -0.1) is 10.2 Å². The molecular weight excluding hydrogens is 316 g/mol. The van der Waals surface area contributed by atoms with Crippen molar-refractivity contribution >= 4 is 5.91 Å². The molecule has 1 fully saturated rings. The molecule has 1 aromatic carbocycles. The van der Waals surface area contributed by atoms with Gasteiger partial charge in [-0.25, -0.2) is 0 Å². The van der Waals surface area contributed by atoms with Gasteiger partial charge in [-0.2, -0.15) is 0 Å². The number of carbonyl (C=O) groups is 1. The van der Waals surface area contributed by atoms with Crippen molar-refractivity contribution in [2.24, 2.45) is 13.0 Å². The fourth-order valence-corrected chi connectivity index (χ4v) is 3.26. The average Bonchev–Trinajstić information content (AvgIpc) is 3.03. The highest BCUT2D eigenvalue weighted by Crippen LogP contribution is 2.20. The summed E-state index contributed by atoms with van der Waals surface area (Å²) in [6.07, 6.45) is 4.93. The van der Waals surface area contributed by atoms with E-state index in [1.54, 1.807) is 6.33 Å². The van der Waals surface area contributed by atoms with E-state index >= 15 is 0 Å². The summed E-state index contributed by atoms with van der Waals surface area (Å²) in [5.74, 6) is 2.35. The van der Waals surface area contributed by atoms with E-state index in [1.165, 1.54) is 5.56 Å². The first-order valence-electron chi connectivity index (χ1n) is 8.92. The summed E-state index contributed by atoms with van der Waals surface area (Å²) in [6.45, 7) is 4.35. The topological polar surface area (TPSA) is 60.2 Å². The Labute approximate surface area is 148 Å². The molecule has 134 valence electrons. The van der Waals surface area contributed by atoms with Crippen molar-refractivity contribution in [3.05, 3.63) is 42.0 Å². The van der Waals surface area contributed by atoms with Gasteiger partial charge in [0.2, 0.25) is 5.91 Å². The zero-order chi connectivity index (χ0) is 17.6. The van der Waals surface area contributed by atoms with Gasteiger partial charge in [0.05, 0.1) is 6.61 Å². The Morgan fingerprint density at radius 1 is 1.40 bits per heavy atom. The highest BCUT2D eigenvalue weighted by molar-refractivity contribution is 5.76. The smallest absolute Gasteiger partial charge is 0.223 e. The number of likely N-dealkylation sites (tertiary alicyclic amines) is 1. The van der Waals surface area contributed by atoms with Gasteiger partial charge >= 0.3 is 0 Å². The second kappa shape index (κ2) is 8.14. The van der Waals surface area contributed by atoms with Crippen LogP contribution in [0.2, 0.25) is 0 Å². The maximum absolute atomic E-state index is 12.5. The van der Waals surface area contributed by atoms with Crippen LogP contribution < -0.4 is 4.74 Å². The van der Waals surface area contributed by atoms with Crippen LogP contribution >= 0.6 is 0 Å². The Kier molecular flexibility index (Phi) is 5.68. The van der Waals surface area contributed by atoms with Crippen LogP contribution in [-0.4, -0.2) is 45.3 Å². The molecule has 0 bridgehead atoms. The molecule has 0 N–H and O–H groups in total. The number of hydrogen-bond acceptors (Lipinski definition) is 4. The molecule has 1 atom stereocenters. The normalized spacial score (nSPS) is 17.5. The molecule has 6 nitrogen and oxygen atoms in total. The molecule has 0 unspecified atom stereocenters. The summed E-state index contributed by atoms with van der Waals surface area (Å²) in [6, 6.07) is 8.10. The monoisotopic (exact) mass is 342 g/mol. The molecule has 3 rings (SSSR count). The summed E-state index contributed by atoms with van der Waals surface area (Å²) >= 11 is 0. The lowest BCUT2D eigenvalue weighted by molar-refractivity contribution is -0.133. The number of carbonyl (C=O) groups excluding carboxylic acids is 1. The van der Waals surface area contributed by atoms with Gasteiger partial charge < -0.3 is 14.2 Å². The number of hydrogen-bond donors (Lipinski definition) is 0. The molecule has 2 heterocycles. The largest absolute Gasteiger partial charge is 0.493 e. The minimum Gasteiger partial charge on any atom is -0.493 e. The molecule has 0 spiro atoms. The van der Waals surface area contributed by atoms with Gasteiger partial charge in [-0.1, -0.05) is 12.1 Å². The Morgan fingerprint density at radius 3 is 3.04 bits per heavy atom. The van der Waals surface area contributed by atoms with Crippen molar-refractivity contribution in [2.75, 3.05) is 19.7 Å². The molecule has 0 aliphatic carbocycles. The maximum atomic E-state index is 12.5. The van der Waals surface area contributed by atoms with E-state index in [0.717, 1.165) is 37.5 Å². The zero-order valence-corrected chi connectivity index (χ0v) is 15.0. The third-order valence-electron chi connectivity index (χ3n) is 4.71. The number of benzene rings is 1. The van der Waals surface area contributed by atoms with Crippen LogP contribution in [0.3, 0.4) is 0 Å². The van der Waals surface area contributed by atoms with Gasteiger partial charge in [0.25, 0.3) is 0 Å². The van der Waals surface area contributed by atoms with E-state index in [4.69, 9.17) is 4.74 Å². The summed E-state index contributed by atoms with van der Waals surface area (Å²) in [5.41, 5.74) is 1.20. The van der Waals surface area contributed by atoms with Crippen LogP contribution in [0.25, 0.3) is 0 Å². The Bertz CT molecular complexity index is 713. The molecular formula is C19H26N4O2. The highest BCUT2D eigenvalue weighted by atomic mass is 16.5. The summed E-state index contributed by atoms with van der Waals surface area (Å²) in [7, 11) is 1.90. The fraction of sp³-hybridized carbons (Fsp3) is 0.526. The third-order valence-corrected chi connectivity index (χ3v) is 4.71. The molecule has 0 radical (unpaired) electrons. The molecule has 1 aromatic heterocycles. The van der Waals surface area contributed by atoms with Crippen molar-refractivity contribution in [1.29, 1.82) is 0 Å². The van der Waals surface area contributed by atoms with Gasteiger partial charge in [0, 0.05) is 38.9 Å².